The largest absolute Gasteiger partial charge is 0.348 e. The zero-order chi connectivity index (χ0) is 7.61. The van der Waals surface area contributed by atoms with Crippen LogP contribution in [-0.2, 0) is 4.52 Å². The van der Waals surface area contributed by atoms with E-state index in [9.17, 15) is 0 Å². The molecule has 0 saturated carbocycles. The van der Waals surface area contributed by atoms with Gasteiger partial charge in [0.1, 0.15) is 0 Å². The molecule has 1 heterocycles. The number of rotatable bonds is 1. The monoisotopic (exact) mass is 161 g/mol. The Morgan fingerprint density at radius 2 is 2.40 bits per heavy atom. The van der Waals surface area contributed by atoms with Gasteiger partial charge >= 0.3 is 0 Å². The summed E-state index contributed by atoms with van der Waals surface area (Å²) in [6, 6.07) is 0. The van der Waals surface area contributed by atoms with E-state index < -0.39 is 7.26 Å². The molecular weight excluding hydrogens is 145 g/mol. The Kier molecular flexibility index (Phi) is 2.56. The Bertz CT molecular complexity index is 158. The first kappa shape index (κ1) is 8.32. The van der Waals surface area contributed by atoms with Crippen molar-refractivity contribution in [1.82, 2.24) is 4.67 Å². The smallest absolute Gasteiger partial charge is 0.0601 e. The molecule has 1 saturated heterocycles. The highest BCUT2D eigenvalue weighted by molar-refractivity contribution is 7.66. The third-order valence-electron chi connectivity index (χ3n) is 1.89. The van der Waals surface area contributed by atoms with Crippen LogP contribution in [0, 0.1) is 0 Å². The highest BCUT2D eigenvalue weighted by Gasteiger charge is 2.20. The first-order chi connectivity index (χ1) is 4.67. The first-order valence-corrected chi connectivity index (χ1v) is 6.07. The van der Waals surface area contributed by atoms with Gasteiger partial charge in [-0.25, -0.2) is 0 Å². The summed E-state index contributed by atoms with van der Waals surface area (Å²) in [5.74, 6) is 0. The summed E-state index contributed by atoms with van der Waals surface area (Å²) in [5, 5.41) is 0. The van der Waals surface area contributed by atoms with Gasteiger partial charge in [-0.3, -0.25) is 4.67 Å². The Morgan fingerprint density at radius 3 is 2.80 bits per heavy atom. The molecule has 0 spiro atoms. The van der Waals surface area contributed by atoms with Gasteiger partial charge in [0, 0.05) is 13.1 Å². The van der Waals surface area contributed by atoms with Crippen LogP contribution in [0.1, 0.15) is 13.3 Å². The lowest BCUT2D eigenvalue weighted by Gasteiger charge is -2.37. The van der Waals surface area contributed by atoms with Crippen LogP contribution >= 0.6 is 7.26 Å². The second-order valence-electron chi connectivity index (χ2n) is 2.78. The summed E-state index contributed by atoms with van der Waals surface area (Å²) in [6.45, 7) is 7.45. The lowest BCUT2D eigenvalue weighted by Crippen LogP contribution is -2.27. The number of nitrogens with zero attached hydrogens (tertiary/aromatic N) is 1. The molecule has 10 heavy (non-hydrogen) atoms. The highest BCUT2D eigenvalue weighted by Crippen LogP contribution is 2.48. The van der Waals surface area contributed by atoms with Gasteiger partial charge in [0.05, 0.1) is 13.9 Å². The molecule has 0 aromatic heterocycles. The van der Waals surface area contributed by atoms with Gasteiger partial charge < -0.3 is 4.52 Å². The van der Waals surface area contributed by atoms with Crippen molar-refractivity contribution in [2.24, 2.45) is 0 Å². The predicted octanol–water partition coefficient (Wildman–Crippen LogP) is 1.64. The zero-order valence-corrected chi connectivity index (χ0v) is 7.73. The maximum atomic E-state index is 5.59. The van der Waals surface area contributed by atoms with E-state index in [0.29, 0.717) is 0 Å². The lowest BCUT2D eigenvalue weighted by molar-refractivity contribution is 0.248. The van der Waals surface area contributed by atoms with Gasteiger partial charge in [-0.2, -0.15) is 0 Å². The molecule has 1 aliphatic rings. The lowest BCUT2D eigenvalue weighted by atomic mass is 10.4. The molecule has 0 N–H and O–H groups in total. The minimum atomic E-state index is -1.36. The van der Waals surface area contributed by atoms with Crippen LogP contribution in [0.15, 0.2) is 0 Å². The van der Waals surface area contributed by atoms with Gasteiger partial charge in [-0.15, -0.1) is 0 Å². The molecule has 60 valence electrons. The molecule has 3 heteroatoms. The van der Waals surface area contributed by atoms with Crippen molar-refractivity contribution in [3.05, 3.63) is 0 Å². The van der Waals surface area contributed by atoms with Crippen molar-refractivity contribution in [2.75, 3.05) is 26.4 Å². The van der Waals surface area contributed by atoms with Crippen molar-refractivity contribution < 1.29 is 4.52 Å². The number of hydrogen-bond acceptors (Lipinski definition) is 2. The third kappa shape index (κ3) is 1.63. The van der Waals surface area contributed by atoms with Gasteiger partial charge in [-0.1, -0.05) is 13.2 Å². The van der Waals surface area contributed by atoms with Gasteiger partial charge in [0.25, 0.3) is 0 Å². The fourth-order valence-corrected chi connectivity index (χ4v) is 3.11. The maximum absolute atomic E-state index is 5.59. The van der Waals surface area contributed by atoms with Crippen molar-refractivity contribution in [3.8, 4) is 0 Å². The minimum Gasteiger partial charge on any atom is -0.348 e. The molecule has 0 bridgehead atoms. The highest BCUT2D eigenvalue weighted by atomic mass is 31.2. The van der Waals surface area contributed by atoms with Crippen LogP contribution in [-0.4, -0.2) is 37.3 Å². The van der Waals surface area contributed by atoms with Crippen LogP contribution in [0.2, 0.25) is 0 Å². The number of hydrogen-bond donors (Lipinski definition) is 0. The third-order valence-corrected chi connectivity index (χ3v) is 4.31. The molecule has 0 amide bonds. The SMILES string of the molecule is C=P1(C)OCCCN1CC. The molecule has 1 atom stereocenters. The van der Waals surface area contributed by atoms with E-state index in [-0.39, 0.29) is 0 Å². The second-order valence-corrected chi connectivity index (χ2v) is 5.71. The van der Waals surface area contributed by atoms with Crippen molar-refractivity contribution in [2.45, 2.75) is 13.3 Å². The molecule has 1 fully saturated rings. The minimum absolute atomic E-state index is 0.907. The van der Waals surface area contributed by atoms with E-state index in [0.717, 1.165) is 13.2 Å². The fraction of sp³-hybridized carbons (Fsp3) is 0.857. The summed E-state index contributed by atoms with van der Waals surface area (Å²) in [7, 11) is -1.36. The van der Waals surface area contributed by atoms with E-state index in [1.54, 1.807) is 0 Å². The average Bonchev–Trinajstić information content (AvgIpc) is 1.87. The van der Waals surface area contributed by atoms with Crippen LogP contribution in [0.5, 0.6) is 0 Å². The van der Waals surface area contributed by atoms with E-state index in [1.165, 1.54) is 13.0 Å². The molecule has 0 aliphatic carbocycles. The Balaban J connectivity index is 2.60. The summed E-state index contributed by atoms with van der Waals surface area (Å²) in [5.41, 5.74) is 0. The molecule has 0 radical (unpaired) electrons. The van der Waals surface area contributed by atoms with Gasteiger partial charge in [-0.05, 0) is 13.1 Å². The van der Waals surface area contributed by atoms with E-state index >= 15 is 0 Å². The maximum Gasteiger partial charge on any atom is 0.0601 e. The normalized spacial score (nSPS) is 36.2. The molecule has 1 aliphatic heterocycles. The van der Waals surface area contributed by atoms with Crippen LogP contribution in [0.4, 0.5) is 0 Å². The molecule has 2 nitrogen and oxygen atoms in total. The molecule has 0 aromatic rings. The van der Waals surface area contributed by atoms with E-state index in [1.807, 2.05) is 0 Å². The predicted molar refractivity (Wildman–Crippen MR) is 47.8 cm³/mol. The first-order valence-electron chi connectivity index (χ1n) is 3.77. The van der Waals surface area contributed by atoms with Crippen LogP contribution < -0.4 is 0 Å². The second kappa shape index (κ2) is 3.08. The molecular formula is C7H16NOP. The molecule has 0 aromatic carbocycles. The van der Waals surface area contributed by atoms with Crippen LogP contribution in [0.3, 0.4) is 0 Å². The topological polar surface area (TPSA) is 12.5 Å². The van der Waals surface area contributed by atoms with E-state index in [4.69, 9.17) is 4.52 Å². The Morgan fingerprint density at radius 1 is 1.70 bits per heavy atom. The fourth-order valence-electron chi connectivity index (χ4n) is 1.26. The average molecular weight is 161 g/mol. The van der Waals surface area contributed by atoms with Gasteiger partial charge in [0.15, 0.2) is 0 Å². The Hall–Kier alpha value is 0.220. The van der Waals surface area contributed by atoms with Crippen molar-refractivity contribution in [3.63, 3.8) is 0 Å². The van der Waals surface area contributed by atoms with Crippen molar-refractivity contribution >= 4 is 13.6 Å². The van der Waals surface area contributed by atoms with Gasteiger partial charge in [0.2, 0.25) is 0 Å². The standard InChI is InChI=1S/C7H16NOP/c1-4-8-6-5-7-9-10(8,2)3/h2,4-7H2,1,3H3. The summed E-state index contributed by atoms with van der Waals surface area (Å²) < 4.78 is 7.95. The zero-order valence-electron chi connectivity index (χ0n) is 6.84. The Labute approximate surface area is 63.3 Å². The summed E-state index contributed by atoms with van der Waals surface area (Å²) in [4.78, 5) is 0. The quantitative estimate of drug-likeness (QED) is 0.542. The molecule has 1 rings (SSSR count). The summed E-state index contributed by atoms with van der Waals surface area (Å²) in [6.07, 6.45) is 5.26. The summed E-state index contributed by atoms with van der Waals surface area (Å²) >= 11 is 0. The molecule has 1 unspecified atom stereocenters. The van der Waals surface area contributed by atoms with E-state index in [2.05, 4.69) is 24.6 Å². The van der Waals surface area contributed by atoms with Crippen LogP contribution in [0.25, 0.3) is 0 Å². The van der Waals surface area contributed by atoms with Crippen molar-refractivity contribution in [1.29, 1.82) is 0 Å².